The lowest BCUT2D eigenvalue weighted by molar-refractivity contribution is -0.127. The van der Waals surface area contributed by atoms with Crippen LogP contribution >= 0.6 is 34.5 Å². The summed E-state index contributed by atoms with van der Waals surface area (Å²) in [5, 5.41) is 12.6. The van der Waals surface area contributed by atoms with E-state index >= 15 is 0 Å². The topological polar surface area (TPSA) is 75.6 Å². The number of hydrogen-bond donors (Lipinski definition) is 2. The largest absolute Gasteiger partial charge is 0.508 e. The molecule has 1 fully saturated rings. The Hall–Kier alpha value is -3.06. The first-order valence-corrected chi connectivity index (χ1v) is 11.8. The molecule has 1 amide bonds. The van der Waals surface area contributed by atoms with E-state index in [2.05, 4.69) is 5.32 Å². The Labute approximate surface area is 203 Å². The van der Waals surface area contributed by atoms with Gasteiger partial charge in [-0.1, -0.05) is 41.9 Å². The minimum Gasteiger partial charge on any atom is -0.508 e. The Morgan fingerprint density at radius 3 is 2.45 bits per heavy atom. The standard InChI is InChI=1S/C25H17Cl2NO4S/c26-20-17-12-16(32-15-4-2-1-3-5-15)10-11-18(17)33-24(20)25(31)28-22-19(21(27)23(22)30)13-6-8-14(29)9-7-13/h1-12,19,21-22,29H,(H,28,31). The quantitative estimate of drug-likeness (QED) is 0.325. The molecule has 0 bridgehead atoms. The highest BCUT2D eigenvalue weighted by Gasteiger charge is 2.50. The highest BCUT2D eigenvalue weighted by molar-refractivity contribution is 7.21. The molecule has 3 unspecified atom stereocenters. The van der Waals surface area contributed by atoms with Crippen LogP contribution in [0.4, 0.5) is 0 Å². The summed E-state index contributed by atoms with van der Waals surface area (Å²) in [6, 6.07) is 20.5. The van der Waals surface area contributed by atoms with Gasteiger partial charge in [-0.25, -0.2) is 0 Å². The average molecular weight is 498 g/mol. The van der Waals surface area contributed by atoms with Crippen LogP contribution in [-0.4, -0.2) is 28.2 Å². The summed E-state index contributed by atoms with van der Waals surface area (Å²) in [7, 11) is 0. The lowest BCUT2D eigenvalue weighted by Crippen LogP contribution is -2.60. The van der Waals surface area contributed by atoms with E-state index < -0.39 is 17.3 Å². The first-order chi connectivity index (χ1) is 15.9. The fourth-order valence-electron chi connectivity index (χ4n) is 3.88. The number of carbonyl (C=O) groups is 2. The number of phenols is 1. The van der Waals surface area contributed by atoms with E-state index in [1.807, 2.05) is 42.5 Å². The van der Waals surface area contributed by atoms with Gasteiger partial charge in [0.25, 0.3) is 5.91 Å². The highest BCUT2D eigenvalue weighted by Crippen LogP contribution is 2.41. The van der Waals surface area contributed by atoms with Crippen molar-refractivity contribution in [1.82, 2.24) is 5.32 Å². The minimum atomic E-state index is -0.761. The van der Waals surface area contributed by atoms with E-state index in [0.29, 0.717) is 26.8 Å². The number of hydrogen-bond acceptors (Lipinski definition) is 5. The molecule has 166 valence electrons. The lowest BCUT2D eigenvalue weighted by atomic mass is 9.73. The zero-order valence-corrected chi connectivity index (χ0v) is 19.3. The number of benzene rings is 3. The fourth-order valence-corrected chi connectivity index (χ4v) is 5.70. The van der Waals surface area contributed by atoms with E-state index in [1.54, 1.807) is 18.2 Å². The molecule has 8 heteroatoms. The molecule has 1 aliphatic carbocycles. The van der Waals surface area contributed by atoms with E-state index in [1.165, 1.54) is 23.5 Å². The number of nitrogens with one attached hydrogen (secondary N) is 1. The Kier molecular flexibility index (Phi) is 5.74. The second-order valence-corrected chi connectivity index (χ2v) is 9.59. The summed E-state index contributed by atoms with van der Waals surface area (Å²) in [6.45, 7) is 0. The molecule has 1 saturated carbocycles. The lowest BCUT2D eigenvalue weighted by Gasteiger charge is -2.40. The Morgan fingerprint density at radius 1 is 1.00 bits per heavy atom. The summed E-state index contributed by atoms with van der Waals surface area (Å²) < 4.78 is 6.70. The number of Topliss-reactive ketones (excluding diaryl/α,β-unsaturated/α-hetero) is 1. The number of alkyl halides is 1. The molecule has 1 heterocycles. The van der Waals surface area contributed by atoms with Gasteiger partial charge in [0.15, 0.2) is 5.78 Å². The number of fused-ring (bicyclic) bond motifs is 1. The number of phenolic OH excluding ortho intramolecular Hbond substituents is 1. The number of rotatable bonds is 5. The van der Waals surface area contributed by atoms with Gasteiger partial charge in [0, 0.05) is 16.0 Å². The minimum absolute atomic E-state index is 0.115. The van der Waals surface area contributed by atoms with Crippen molar-refractivity contribution in [1.29, 1.82) is 0 Å². The number of thiophene rings is 1. The third-order valence-electron chi connectivity index (χ3n) is 5.60. The molecule has 1 aliphatic rings. The number of amides is 1. The van der Waals surface area contributed by atoms with Crippen molar-refractivity contribution in [2.45, 2.75) is 17.3 Å². The fraction of sp³-hybridized carbons (Fsp3) is 0.120. The van der Waals surface area contributed by atoms with Gasteiger partial charge in [-0.05, 0) is 48.0 Å². The number of ketones is 1. The van der Waals surface area contributed by atoms with Crippen LogP contribution in [0.15, 0.2) is 72.8 Å². The smallest absolute Gasteiger partial charge is 0.263 e. The second-order valence-electron chi connectivity index (χ2n) is 7.69. The summed E-state index contributed by atoms with van der Waals surface area (Å²) in [5.41, 5.74) is 0.767. The predicted molar refractivity (Wildman–Crippen MR) is 130 cm³/mol. The highest BCUT2D eigenvalue weighted by atomic mass is 35.5. The van der Waals surface area contributed by atoms with Crippen LogP contribution in [0.3, 0.4) is 0 Å². The molecule has 1 aromatic heterocycles. The summed E-state index contributed by atoms with van der Waals surface area (Å²) in [6.07, 6.45) is 0. The van der Waals surface area contributed by atoms with E-state index in [0.717, 1.165) is 10.3 Å². The maximum atomic E-state index is 13.0. The van der Waals surface area contributed by atoms with Crippen LogP contribution in [0.25, 0.3) is 10.1 Å². The molecule has 4 aromatic rings. The average Bonchev–Trinajstić information content (AvgIpc) is 3.16. The van der Waals surface area contributed by atoms with Gasteiger partial charge in [0.05, 0.1) is 11.1 Å². The number of carbonyl (C=O) groups excluding carboxylic acids is 2. The molecule has 5 nitrogen and oxygen atoms in total. The van der Waals surface area contributed by atoms with Crippen molar-refractivity contribution in [3.05, 3.63) is 88.3 Å². The number of aromatic hydroxyl groups is 1. The molecule has 0 saturated heterocycles. The van der Waals surface area contributed by atoms with Gasteiger partial charge in [-0.15, -0.1) is 22.9 Å². The van der Waals surface area contributed by atoms with Gasteiger partial charge in [0.1, 0.15) is 27.5 Å². The first kappa shape index (κ1) is 21.8. The zero-order chi connectivity index (χ0) is 23.1. The van der Waals surface area contributed by atoms with Crippen molar-refractivity contribution >= 4 is 56.3 Å². The van der Waals surface area contributed by atoms with Gasteiger partial charge >= 0.3 is 0 Å². The zero-order valence-electron chi connectivity index (χ0n) is 17.0. The van der Waals surface area contributed by atoms with Crippen LogP contribution < -0.4 is 10.1 Å². The molecule has 0 aliphatic heterocycles. The van der Waals surface area contributed by atoms with Crippen LogP contribution in [0.2, 0.25) is 5.02 Å². The van der Waals surface area contributed by atoms with Crippen LogP contribution in [0, 0.1) is 0 Å². The Bertz CT molecular complexity index is 1350. The number of halogens is 2. The monoisotopic (exact) mass is 497 g/mol. The van der Waals surface area contributed by atoms with Gasteiger partial charge < -0.3 is 15.2 Å². The molecule has 2 N–H and O–H groups in total. The van der Waals surface area contributed by atoms with Crippen LogP contribution in [0.1, 0.15) is 21.2 Å². The van der Waals surface area contributed by atoms with E-state index in [4.69, 9.17) is 27.9 Å². The van der Waals surface area contributed by atoms with Crippen LogP contribution in [0.5, 0.6) is 17.2 Å². The Morgan fingerprint density at radius 2 is 1.73 bits per heavy atom. The van der Waals surface area contributed by atoms with Crippen molar-refractivity contribution in [3.63, 3.8) is 0 Å². The molecular weight excluding hydrogens is 481 g/mol. The van der Waals surface area contributed by atoms with Gasteiger partial charge in [-0.3, -0.25) is 9.59 Å². The summed E-state index contributed by atoms with van der Waals surface area (Å²) in [4.78, 5) is 25.8. The van der Waals surface area contributed by atoms with Crippen molar-refractivity contribution in [2.75, 3.05) is 0 Å². The third kappa shape index (κ3) is 4.06. The molecule has 0 radical (unpaired) electrons. The molecular formula is C25H17Cl2NO4S. The molecule has 33 heavy (non-hydrogen) atoms. The van der Waals surface area contributed by atoms with Crippen molar-refractivity contribution < 1.29 is 19.4 Å². The number of para-hydroxylation sites is 1. The molecule has 3 aromatic carbocycles. The van der Waals surface area contributed by atoms with Crippen molar-refractivity contribution in [2.24, 2.45) is 0 Å². The van der Waals surface area contributed by atoms with E-state index in [9.17, 15) is 14.7 Å². The summed E-state index contributed by atoms with van der Waals surface area (Å²) >= 11 is 14.1. The number of ether oxygens (including phenoxy) is 1. The normalized spacial score (nSPS) is 19.8. The molecule has 0 spiro atoms. The molecule has 3 atom stereocenters. The third-order valence-corrected chi connectivity index (χ3v) is 7.76. The molecule has 5 rings (SSSR count). The first-order valence-electron chi connectivity index (χ1n) is 10.1. The maximum absolute atomic E-state index is 13.0. The van der Waals surface area contributed by atoms with Crippen molar-refractivity contribution in [3.8, 4) is 17.2 Å². The second kappa shape index (κ2) is 8.71. The van der Waals surface area contributed by atoms with Gasteiger partial charge in [0.2, 0.25) is 0 Å². The summed E-state index contributed by atoms with van der Waals surface area (Å²) in [5.74, 6) is 0.343. The SMILES string of the molecule is O=C(NC1C(=O)C(Cl)C1c1ccc(O)cc1)c1sc2ccc(Oc3ccccc3)cc2c1Cl. The van der Waals surface area contributed by atoms with E-state index in [-0.39, 0.29) is 17.5 Å². The van der Waals surface area contributed by atoms with Crippen LogP contribution in [-0.2, 0) is 4.79 Å². The maximum Gasteiger partial charge on any atom is 0.263 e. The predicted octanol–water partition coefficient (Wildman–Crippen LogP) is 6.12. The van der Waals surface area contributed by atoms with Gasteiger partial charge in [-0.2, -0.15) is 0 Å². The Balaban J connectivity index is 1.38.